The summed E-state index contributed by atoms with van der Waals surface area (Å²) in [5.74, 6) is 0.0383. The van der Waals surface area contributed by atoms with Crippen LogP contribution in [0.25, 0.3) is 10.9 Å². The summed E-state index contributed by atoms with van der Waals surface area (Å²) in [4.78, 5) is 30.9. The molecule has 2 aromatic carbocycles. The largest absolute Gasteiger partial charge is 0.366 e. The molecule has 1 saturated heterocycles. The molecule has 3 heterocycles. The number of thiophene rings is 1. The number of nitriles is 1. The summed E-state index contributed by atoms with van der Waals surface area (Å²) in [6, 6.07) is 23.8. The molecule has 8 heteroatoms. The fraction of sp³-hybridized carbons (Fsp3) is 0.222. The number of piperazine rings is 1. The van der Waals surface area contributed by atoms with Gasteiger partial charge in [0.25, 0.3) is 11.5 Å². The van der Waals surface area contributed by atoms with Gasteiger partial charge in [-0.1, -0.05) is 54.6 Å². The van der Waals surface area contributed by atoms with E-state index >= 15 is 0 Å². The Balaban J connectivity index is 0.00000289. The predicted octanol–water partition coefficient (Wildman–Crippen LogP) is 4.30. The molecule has 1 amide bonds. The van der Waals surface area contributed by atoms with Crippen molar-refractivity contribution in [2.24, 2.45) is 0 Å². The molecule has 0 saturated carbocycles. The first-order chi connectivity index (χ1) is 16.7. The van der Waals surface area contributed by atoms with Crippen molar-refractivity contribution in [2.75, 3.05) is 31.1 Å². The number of nitrogens with zero attached hydrogens (tertiary/aromatic N) is 4. The van der Waals surface area contributed by atoms with Crippen LogP contribution in [0.1, 0.15) is 20.8 Å². The van der Waals surface area contributed by atoms with Gasteiger partial charge in [0.05, 0.1) is 16.1 Å². The number of fused-ring (bicyclic) bond motifs is 1. The summed E-state index contributed by atoms with van der Waals surface area (Å²) in [5.41, 5.74) is 2.57. The molecule has 35 heavy (non-hydrogen) atoms. The zero-order valence-corrected chi connectivity index (χ0v) is 20.2. The minimum absolute atomic E-state index is 0. The maximum absolute atomic E-state index is 13.5. The molecule has 5 rings (SSSR count). The highest BCUT2D eigenvalue weighted by Crippen LogP contribution is 2.30. The summed E-state index contributed by atoms with van der Waals surface area (Å²) < 4.78 is 1.72. The highest BCUT2D eigenvalue weighted by molar-refractivity contribution is 7.12. The van der Waals surface area contributed by atoms with Crippen LogP contribution in [0.3, 0.4) is 0 Å². The predicted molar refractivity (Wildman–Crippen MR) is 141 cm³/mol. The zero-order valence-electron chi connectivity index (χ0n) is 19.4. The Kier molecular flexibility index (Phi) is 7.30. The molecule has 0 bridgehead atoms. The second kappa shape index (κ2) is 10.6. The van der Waals surface area contributed by atoms with Gasteiger partial charge in [-0.2, -0.15) is 5.26 Å². The lowest BCUT2D eigenvalue weighted by Crippen LogP contribution is -2.49. The number of benzene rings is 2. The van der Waals surface area contributed by atoms with E-state index in [2.05, 4.69) is 11.0 Å². The second-order valence-electron chi connectivity index (χ2n) is 8.30. The van der Waals surface area contributed by atoms with E-state index in [-0.39, 0.29) is 23.2 Å². The van der Waals surface area contributed by atoms with Crippen LogP contribution in [0.5, 0.6) is 0 Å². The van der Waals surface area contributed by atoms with Crippen molar-refractivity contribution < 1.29 is 4.79 Å². The molecule has 0 spiro atoms. The van der Waals surface area contributed by atoms with Gasteiger partial charge in [0.1, 0.15) is 11.6 Å². The van der Waals surface area contributed by atoms with Crippen LogP contribution < -0.4 is 16.6 Å². The van der Waals surface area contributed by atoms with E-state index in [1.807, 2.05) is 77.0 Å². The molecule has 0 unspecified atom stereocenters. The van der Waals surface area contributed by atoms with Gasteiger partial charge in [-0.15, -0.1) is 11.3 Å². The Morgan fingerprint density at radius 2 is 1.66 bits per heavy atom. The molecule has 1 aliphatic rings. The Bertz CT molecular complexity index is 1420. The first-order valence-corrected chi connectivity index (χ1v) is 12.2. The molecule has 0 atom stereocenters. The molecule has 1 fully saturated rings. The first kappa shape index (κ1) is 24.2. The average Bonchev–Trinajstić information content (AvgIpc) is 3.43. The van der Waals surface area contributed by atoms with Crippen LogP contribution in [0.2, 0.25) is 0 Å². The topological polar surface area (TPSA) is 104 Å². The molecule has 2 aromatic heterocycles. The van der Waals surface area contributed by atoms with Crippen molar-refractivity contribution in [1.29, 1.82) is 5.26 Å². The molecule has 0 radical (unpaired) electrons. The molecule has 7 nitrogen and oxygen atoms in total. The number of amides is 1. The SMILES string of the molecule is N.N#Cc1c(N2CCN(C(=O)c3cccs3)CC2)c2ccccc2n(CCc2ccccc2)c1=O. The summed E-state index contributed by atoms with van der Waals surface area (Å²) in [6.45, 7) is 2.74. The minimum Gasteiger partial charge on any atom is -0.366 e. The number of pyridine rings is 1. The normalized spacial score (nSPS) is 13.3. The Morgan fingerprint density at radius 3 is 2.34 bits per heavy atom. The third-order valence-electron chi connectivity index (χ3n) is 6.34. The number of rotatable bonds is 5. The van der Waals surface area contributed by atoms with Crippen molar-refractivity contribution >= 4 is 33.8 Å². The van der Waals surface area contributed by atoms with E-state index in [1.165, 1.54) is 11.3 Å². The summed E-state index contributed by atoms with van der Waals surface area (Å²) in [5, 5.41) is 12.8. The molecule has 178 valence electrons. The van der Waals surface area contributed by atoms with Gasteiger partial charge in [0.2, 0.25) is 0 Å². The molecule has 4 aromatic rings. The highest BCUT2D eigenvalue weighted by Gasteiger charge is 2.27. The van der Waals surface area contributed by atoms with Gasteiger partial charge in [0.15, 0.2) is 0 Å². The van der Waals surface area contributed by atoms with Crippen LogP contribution in [-0.2, 0) is 13.0 Å². The van der Waals surface area contributed by atoms with Gasteiger partial charge in [-0.25, -0.2) is 0 Å². The smallest absolute Gasteiger partial charge is 0.271 e. The van der Waals surface area contributed by atoms with Crippen LogP contribution in [0.4, 0.5) is 5.69 Å². The maximum Gasteiger partial charge on any atom is 0.271 e. The number of hydrogen-bond acceptors (Lipinski definition) is 6. The van der Waals surface area contributed by atoms with Crippen LogP contribution in [-0.4, -0.2) is 41.6 Å². The van der Waals surface area contributed by atoms with E-state index in [9.17, 15) is 14.9 Å². The zero-order chi connectivity index (χ0) is 23.5. The highest BCUT2D eigenvalue weighted by atomic mass is 32.1. The van der Waals surface area contributed by atoms with Crippen LogP contribution >= 0.6 is 11.3 Å². The Morgan fingerprint density at radius 1 is 0.943 bits per heavy atom. The fourth-order valence-corrected chi connectivity index (χ4v) is 5.31. The quantitative estimate of drug-likeness (QED) is 0.454. The van der Waals surface area contributed by atoms with Gasteiger partial charge in [-0.3, -0.25) is 9.59 Å². The van der Waals surface area contributed by atoms with Gasteiger partial charge in [-0.05, 0) is 29.5 Å². The third-order valence-corrected chi connectivity index (χ3v) is 7.20. The maximum atomic E-state index is 13.5. The fourth-order valence-electron chi connectivity index (χ4n) is 4.62. The Hall–Kier alpha value is -3.93. The summed E-state index contributed by atoms with van der Waals surface area (Å²) >= 11 is 1.44. The number of aromatic nitrogens is 1. The summed E-state index contributed by atoms with van der Waals surface area (Å²) in [7, 11) is 0. The molecule has 0 aliphatic carbocycles. The number of para-hydroxylation sites is 1. The number of anilines is 1. The molecular weight excluding hydrogens is 458 g/mol. The van der Waals surface area contributed by atoms with Gasteiger partial charge < -0.3 is 20.5 Å². The average molecular weight is 486 g/mol. The van der Waals surface area contributed by atoms with E-state index in [0.29, 0.717) is 44.8 Å². The Labute approximate surface area is 208 Å². The van der Waals surface area contributed by atoms with Crippen molar-refractivity contribution in [3.63, 3.8) is 0 Å². The van der Waals surface area contributed by atoms with Crippen LogP contribution in [0, 0.1) is 11.3 Å². The standard InChI is InChI=1S/C27H24N4O2S.H3N/c28-19-22-25(29-14-16-30(17-15-29)27(33)24-11-6-18-34-24)21-9-4-5-10-23(21)31(26(22)32)13-12-20-7-2-1-3-8-20;/h1-11,18H,12-17H2;1H3. The lowest BCUT2D eigenvalue weighted by Gasteiger charge is -2.37. The second-order valence-corrected chi connectivity index (χ2v) is 9.25. The van der Waals surface area contributed by atoms with Crippen molar-refractivity contribution in [3.8, 4) is 6.07 Å². The van der Waals surface area contributed by atoms with Crippen molar-refractivity contribution in [2.45, 2.75) is 13.0 Å². The van der Waals surface area contributed by atoms with Gasteiger partial charge >= 0.3 is 0 Å². The molecular formula is C27H27N5O2S. The van der Waals surface area contributed by atoms with Crippen molar-refractivity contribution in [3.05, 3.63) is 98.5 Å². The number of carbonyl (C=O) groups is 1. The molecule has 3 N–H and O–H groups in total. The number of hydrogen-bond donors (Lipinski definition) is 1. The molecule has 1 aliphatic heterocycles. The summed E-state index contributed by atoms with van der Waals surface area (Å²) in [6.07, 6.45) is 0.707. The van der Waals surface area contributed by atoms with Crippen LogP contribution in [0.15, 0.2) is 76.9 Å². The number of carbonyl (C=O) groups excluding carboxylic acids is 1. The van der Waals surface area contributed by atoms with E-state index in [4.69, 9.17) is 0 Å². The van der Waals surface area contributed by atoms with E-state index < -0.39 is 0 Å². The van der Waals surface area contributed by atoms with E-state index in [1.54, 1.807) is 4.57 Å². The monoisotopic (exact) mass is 485 g/mol. The number of aryl methyl sites for hydroxylation is 2. The lowest BCUT2D eigenvalue weighted by molar-refractivity contribution is 0.0751. The first-order valence-electron chi connectivity index (χ1n) is 11.3. The van der Waals surface area contributed by atoms with E-state index in [0.717, 1.165) is 21.3 Å². The lowest BCUT2D eigenvalue weighted by atomic mass is 10.1. The minimum atomic E-state index is -0.260. The third kappa shape index (κ3) is 4.69. The van der Waals surface area contributed by atoms with Crippen molar-refractivity contribution in [1.82, 2.24) is 15.6 Å². The van der Waals surface area contributed by atoms with Gasteiger partial charge in [0, 0.05) is 38.1 Å².